The lowest BCUT2D eigenvalue weighted by molar-refractivity contribution is -0.134. The molecule has 1 atom stereocenters. The van der Waals surface area contributed by atoms with Crippen molar-refractivity contribution in [3.63, 3.8) is 0 Å². The standard InChI is InChI=1S/C12H19N3O2/c1-8(2)6-15-5-4-9-11(17-7-14-9)10(13-3)12(15)16/h7-8,10,13H,4-6H2,1-3H3. The maximum absolute atomic E-state index is 12.3. The third-order valence-corrected chi connectivity index (χ3v) is 2.99. The van der Waals surface area contributed by atoms with Gasteiger partial charge in [0, 0.05) is 19.5 Å². The first kappa shape index (κ1) is 12.1. The highest BCUT2D eigenvalue weighted by Gasteiger charge is 2.33. The molecule has 0 saturated carbocycles. The number of aromatic nitrogens is 1. The summed E-state index contributed by atoms with van der Waals surface area (Å²) in [6.45, 7) is 5.72. The van der Waals surface area contributed by atoms with Crippen LogP contribution in [0.5, 0.6) is 0 Å². The minimum Gasteiger partial charge on any atom is -0.446 e. The molecule has 1 unspecified atom stereocenters. The van der Waals surface area contributed by atoms with Crippen molar-refractivity contribution in [3.8, 4) is 0 Å². The van der Waals surface area contributed by atoms with Crippen molar-refractivity contribution in [1.82, 2.24) is 15.2 Å². The van der Waals surface area contributed by atoms with Gasteiger partial charge in [-0.05, 0) is 13.0 Å². The lowest BCUT2D eigenvalue weighted by Crippen LogP contribution is -2.40. The lowest BCUT2D eigenvalue weighted by Gasteiger charge is -2.25. The van der Waals surface area contributed by atoms with Crippen molar-refractivity contribution in [2.75, 3.05) is 20.1 Å². The Kier molecular flexibility index (Phi) is 3.47. The summed E-state index contributed by atoms with van der Waals surface area (Å²) in [6, 6.07) is -0.395. The smallest absolute Gasteiger partial charge is 0.247 e. The van der Waals surface area contributed by atoms with Gasteiger partial charge in [0.2, 0.25) is 5.91 Å². The number of fused-ring (bicyclic) bond motifs is 1. The minimum atomic E-state index is -0.395. The second kappa shape index (κ2) is 4.87. The van der Waals surface area contributed by atoms with E-state index in [1.165, 1.54) is 6.39 Å². The Balaban J connectivity index is 2.25. The van der Waals surface area contributed by atoms with Crippen LogP contribution in [0.1, 0.15) is 31.3 Å². The minimum absolute atomic E-state index is 0.0803. The van der Waals surface area contributed by atoms with Crippen molar-refractivity contribution in [2.45, 2.75) is 26.3 Å². The van der Waals surface area contributed by atoms with Gasteiger partial charge in [-0.25, -0.2) is 4.98 Å². The summed E-state index contributed by atoms with van der Waals surface area (Å²) >= 11 is 0. The van der Waals surface area contributed by atoms with Crippen LogP contribution in [0.15, 0.2) is 10.8 Å². The van der Waals surface area contributed by atoms with Crippen molar-refractivity contribution in [3.05, 3.63) is 17.8 Å². The van der Waals surface area contributed by atoms with Crippen molar-refractivity contribution >= 4 is 5.91 Å². The molecule has 0 aliphatic carbocycles. The van der Waals surface area contributed by atoms with E-state index in [2.05, 4.69) is 24.1 Å². The number of amides is 1. The van der Waals surface area contributed by atoms with Crippen LogP contribution >= 0.6 is 0 Å². The largest absolute Gasteiger partial charge is 0.446 e. The van der Waals surface area contributed by atoms with Gasteiger partial charge >= 0.3 is 0 Å². The third-order valence-electron chi connectivity index (χ3n) is 2.99. The van der Waals surface area contributed by atoms with Crippen LogP contribution in [0.2, 0.25) is 0 Å². The molecule has 1 N–H and O–H groups in total. The zero-order chi connectivity index (χ0) is 12.4. The summed E-state index contributed by atoms with van der Waals surface area (Å²) in [5, 5.41) is 3.01. The fourth-order valence-corrected chi connectivity index (χ4v) is 2.22. The fourth-order valence-electron chi connectivity index (χ4n) is 2.22. The van der Waals surface area contributed by atoms with Crippen LogP contribution in [-0.2, 0) is 11.2 Å². The highest BCUT2D eigenvalue weighted by Crippen LogP contribution is 2.24. The highest BCUT2D eigenvalue weighted by atomic mass is 16.3. The highest BCUT2D eigenvalue weighted by molar-refractivity contribution is 5.83. The van der Waals surface area contributed by atoms with E-state index in [1.807, 2.05) is 4.90 Å². The zero-order valence-corrected chi connectivity index (χ0v) is 10.6. The van der Waals surface area contributed by atoms with E-state index in [0.29, 0.717) is 18.2 Å². The molecule has 0 fully saturated rings. The normalized spacial score (nSPS) is 20.6. The monoisotopic (exact) mass is 237 g/mol. The van der Waals surface area contributed by atoms with E-state index in [0.717, 1.165) is 18.7 Å². The molecule has 5 nitrogen and oxygen atoms in total. The van der Waals surface area contributed by atoms with Gasteiger partial charge in [0.05, 0.1) is 5.69 Å². The maximum atomic E-state index is 12.3. The predicted molar refractivity (Wildman–Crippen MR) is 63.4 cm³/mol. The maximum Gasteiger partial charge on any atom is 0.247 e. The first-order valence-corrected chi connectivity index (χ1v) is 6.01. The first-order chi connectivity index (χ1) is 8.13. The van der Waals surface area contributed by atoms with Gasteiger partial charge in [-0.3, -0.25) is 4.79 Å². The summed E-state index contributed by atoms with van der Waals surface area (Å²) in [5.74, 6) is 1.22. The van der Waals surface area contributed by atoms with Gasteiger partial charge < -0.3 is 14.6 Å². The lowest BCUT2D eigenvalue weighted by atomic mass is 10.1. The number of nitrogens with zero attached hydrogens (tertiary/aromatic N) is 2. The molecule has 0 saturated heterocycles. The van der Waals surface area contributed by atoms with E-state index in [1.54, 1.807) is 7.05 Å². The Labute approximate surface area is 101 Å². The molecular formula is C12H19N3O2. The summed E-state index contributed by atoms with van der Waals surface area (Å²) in [6.07, 6.45) is 2.18. The molecule has 94 valence electrons. The van der Waals surface area contributed by atoms with Crippen LogP contribution in [0.3, 0.4) is 0 Å². The Morgan fingerprint density at radius 1 is 1.65 bits per heavy atom. The Morgan fingerprint density at radius 3 is 3.06 bits per heavy atom. The van der Waals surface area contributed by atoms with Crippen LogP contribution in [0.4, 0.5) is 0 Å². The molecule has 0 spiro atoms. The molecule has 2 rings (SSSR count). The number of hydrogen-bond acceptors (Lipinski definition) is 4. The van der Waals surface area contributed by atoms with Gasteiger partial charge in [0.15, 0.2) is 12.2 Å². The van der Waals surface area contributed by atoms with Gasteiger partial charge in [-0.2, -0.15) is 0 Å². The van der Waals surface area contributed by atoms with Gasteiger partial charge in [-0.1, -0.05) is 13.8 Å². The molecule has 17 heavy (non-hydrogen) atoms. The molecule has 1 aliphatic heterocycles. The molecule has 0 bridgehead atoms. The number of rotatable bonds is 3. The number of oxazole rings is 1. The van der Waals surface area contributed by atoms with Crippen LogP contribution in [-0.4, -0.2) is 35.9 Å². The number of hydrogen-bond donors (Lipinski definition) is 1. The van der Waals surface area contributed by atoms with Gasteiger partial charge in [0.1, 0.15) is 6.04 Å². The van der Waals surface area contributed by atoms with Crippen LogP contribution < -0.4 is 5.32 Å². The molecule has 2 heterocycles. The molecule has 1 aliphatic rings. The van der Waals surface area contributed by atoms with E-state index >= 15 is 0 Å². The summed E-state index contributed by atoms with van der Waals surface area (Å²) in [7, 11) is 1.77. The molecule has 0 radical (unpaired) electrons. The Bertz CT molecular complexity index is 400. The van der Waals surface area contributed by atoms with E-state index in [-0.39, 0.29) is 5.91 Å². The number of likely N-dealkylation sites (N-methyl/N-ethyl adjacent to an activating group) is 1. The molecular weight excluding hydrogens is 218 g/mol. The van der Waals surface area contributed by atoms with E-state index in [9.17, 15) is 4.79 Å². The molecule has 1 aromatic rings. The van der Waals surface area contributed by atoms with E-state index < -0.39 is 6.04 Å². The van der Waals surface area contributed by atoms with Crippen molar-refractivity contribution in [2.24, 2.45) is 5.92 Å². The van der Waals surface area contributed by atoms with E-state index in [4.69, 9.17) is 4.42 Å². The van der Waals surface area contributed by atoms with Crippen molar-refractivity contribution < 1.29 is 9.21 Å². The Hall–Kier alpha value is -1.36. The van der Waals surface area contributed by atoms with Gasteiger partial charge in [-0.15, -0.1) is 0 Å². The Morgan fingerprint density at radius 2 is 2.41 bits per heavy atom. The van der Waals surface area contributed by atoms with Crippen molar-refractivity contribution in [1.29, 1.82) is 0 Å². The molecule has 0 aromatic carbocycles. The molecule has 5 heteroatoms. The number of carbonyl (C=O) groups excluding carboxylic acids is 1. The quantitative estimate of drug-likeness (QED) is 0.851. The number of carbonyl (C=O) groups is 1. The SMILES string of the molecule is CNC1C(=O)N(CC(C)C)CCc2ncoc21. The third kappa shape index (κ3) is 2.34. The topological polar surface area (TPSA) is 58.4 Å². The second-order valence-electron chi connectivity index (χ2n) is 4.81. The van der Waals surface area contributed by atoms with Gasteiger partial charge in [0.25, 0.3) is 0 Å². The summed E-state index contributed by atoms with van der Waals surface area (Å²) in [4.78, 5) is 18.4. The first-order valence-electron chi connectivity index (χ1n) is 6.01. The zero-order valence-electron chi connectivity index (χ0n) is 10.6. The summed E-state index contributed by atoms with van der Waals surface area (Å²) in [5.41, 5.74) is 0.893. The number of nitrogens with one attached hydrogen (secondary N) is 1. The molecule has 1 amide bonds. The average molecular weight is 237 g/mol. The predicted octanol–water partition coefficient (Wildman–Crippen LogP) is 0.976. The second-order valence-corrected chi connectivity index (χ2v) is 4.81. The van der Waals surface area contributed by atoms with Crippen LogP contribution in [0.25, 0.3) is 0 Å². The fraction of sp³-hybridized carbons (Fsp3) is 0.667. The average Bonchev–Trinajstić information content (AvgIpc) is 2.68. The summed E-state index contributed by atoms with van der Waals surface area (Å²) < 4.78 is 5.34. The van der Waals surface area contributed by atoms with Crippen LogP contribution in [0, 0.1) is 5.92 Å². The molecule has 1 aromatic heterocycles.